The van der Waals surface area contributed by atoms with E-state index >= 15 is 0 Å². The lowest BCUT2D eigenvalue weighted by Crippen LogP contribution is -2.40. The van der Waals surface area contributed by atoms with Crippen molar-refractivity contribution < 1.29 is 9.32 Å². The normalized spacial score (nSPS) is 24.7. The van der Waals surface area contributed by atoms with Crippen LogP contribution in [0.15, 0.2) is 4.52 Å². The van der Waals surface area contributed by atoms with Crippen molar-refractivity contribution in [3.8, 4) is 6.07 Å². The molecule has 1 unspecified atom stereocenters. The maximum absolute atomic E-state index is 10.8. The van der Waals surface area contributed by atoms with Crippen LogP contribution in [0.4, 0.5) is 0 Å². The van der Waals surface area contributed by atoms with Crippen LogP contribution in [0.5, 0.6) is 0 Å². The summed E-state index contributed by atoms with van der Waals surface area (Å²) in [5.41, 5.74) is 4.72. The topological polar surface area (TPSA) is 109 Å². The van der Waals surface area contributed by atoms with Gasteiger partial charge in [0.15, 0.2) is 0 Å². The number of carbonyl (C=O) groups excluding carboxylic acids is 1. The smallest absolute Gasteiger partial charge is 0.290 e. The van der Waals surface area contributed by atoms with Crippen LogP contribution in [0.3, 0.4) is 0 Å². The fraction of sp³-hybridized carbons (Fsp3) is 0.636. The first kappa shape index (κ1) is 12.5. The molecule has 7 nitrogen and oxygen atoms in total. The molecule has 0 aliphatic carbocycles. The molecule has 1 aromatic rings. The van der Waals surface area contributed by atoms with E-state index in [1.807, 2.05) is 6.92 Å². The van der Waals surface area contributed by atoms with Gasteiger partial charge in [0.1, 0.15) is 0 Å². The Morgan fingerprint density at radius 2 is 2.50 bits per heavy atom. The van der Waals surface area contributed by atoms with Gasteiger partial charge in [-0.25, -0.2) is 0 Å². The number of likely N-dealkylation sites (tertiary alicyclic amines) is 1. The number of primary amides is 1. The van der Waals surface area contributed by atoms with Gasteiger partial charge in [-0.05, 0) is 26.3 Å². The van der Waals surface area contributed by atoms with Crippen LogP contribution >= 0.6 is 0 Å². The van der Waals surface area contributed by atoms with E-state index in [2.05, 4.69) is 21.1 Å². The van der Waals surface area contributed by atoms with E-state index in [1.165, 1.54) is 0 Å². The standard InChI is InChI=1S/C11H15N5O2/c1-11(6-12)3-2-4-16(7-11)5-8-14-10(9(13)17)15-18-8/h2-5,7H2,1H3,(H2,13,17). The summed E-state index contributed by atoms with van der Waals surface area (Å²) in [7, 11) is 0. The van der Waals surface area contributed by atoms with E-state index < -0.39 is 5.91 Å². The molecule has 7 heteroatoms. The summed E-state index contributed by atoms with van der Waals surface area (Å²) < 4.78 is 4.94. The third kappa shape index (κ3) is 2.65. The highest BCUT2D eigenvalue weighted by Gasteiger charge is 2.31. The molecule has 2 rings (SSSR count). The molecule has 1 fully saturated rings. The van der Waals surface area contributed by atoms with Crippen LogP contribution in [0, 0.1) is 16.7 Å². The average Bonchev–Trinajstić information content (AvgIpc) is 2.78. The van der Waals surface area contributed by atoms with E-state index in [4.69, 9.17) is 15.5 Å². The van der Waals surface area contributed by atoms with Crippen molar-refractivity contribution in [1.82, 2.24) is 15.0 Å². The van der Waals surface area contributed by atoms with Crippen LogP contribution < -0.4 is 5.73 Å². The van der Waals surface area contributed by atoms with Gasteiger partial charge in [0.2, 0.25) is 5.89 Å². The van der Waals surface area contributed by atoms with Crippen LogP contribution in [0.2, 0.25) is 0 Å². The zero-order valence-corrected chi connectivity index (χ0v) is 10.2. The molecule has 0 aromatic carbocycles. The zero-order valence-electron chi connectivity index (χ0n) is 10.2. The van der Waals surface area contributed by atoms with Gasteiger partial charge < -0.3 is 10.3 Å². The molecule has 1 saturated heterocycles. The van der Waals surface area contributed by atoms with Crippen molar-refractivity contribution in [3.63, 3.8) is 0 Å². The average molecular weight is 249 g/mol. The minimum Gasteiger partial charge on any atom is -0.363 e. The van der Waals surface area contributed by atoms with Crippen LogP contribution in [0.1, 0.15) is 36.3 Å². The van der Waals surface area contributed by atoms with E-state index in [9.17, 15) is 4.79 Å². The first-order valence-electron chi connectivity index (χ1n) is 5.78. The number of piperidine rings is 1. The number of aromatic nitrogens is 2. The maximum atomic E-state index is 10.8. The van der Waals surface area contributed by atoms with Gasteiger partial charge in [0.05, 0.1) is 18.0 Å². The van der Waals surface area contributed by atoms with Gasteiger partial charge in [0.25, 0.3) is 11.7 Å². The highest BCUT2D eigenvalue weighted by molar-refractivity contribution is 5.88. The SMILES string of the molecule is CC1(C#N)CCCN(Cc2nc(C(N)=O)no2)C1. The molecule has 18 heavy (non-hydrogen) atoms. The quantitative estimate of drug-likeness (QED) is 0.824. The predicted octanol–water partition coefficient (Wildman–Crippen LogP) is 0.294. The molecular formula is C11H15N5O2. The lowest BCUT2D eigenvalue weighted by molar-refractivity contribution is 0.0987. The number of amides is 1. The highest BCUT2D eigenvalue weighted by atomic mass is 16.5. The van der Waals surface area contributed by atoms with Gasteiger partial charge in [-0.15, -0.1) is 0 Å². The molecule has 1 atom stereocenters. The minimum atomic E-state index is -0.703. The number of nitrogens with two attached hydrogens (primary N) is 1. The first-order chi connectivity index (χ1) is 8.52. The lowest BCUT2D eigenvalue weighted by atomic mass is 9.83. The summed E-state index contributed by atoms with van der Waals surface area (Å²) in [6.45, 7) is 3.93. The van der Waals surface area contributed by atoms with E-state index in [1.54, 1.807) is 0 Å². The molecule has 0 bridgehead atoms. The minimum absolute atomic E-state index is 0.106. The van der Waals surface area contributed by atoms with Crippen LogP contribution in [0.25, 0.3) is 0 Å². The molecule has 2 heterocycles. The molecule has 96 valence electrons. The zero-order chi connectivity index (χ0) is 13.2. The summed E-state index contributed by atoms with van der Waals surface area (Å²) in [5.74, 6) is -0.457. The second kappa shape index (κ2) is 4.74. The van der Waals surface area contributed by atoms with Crippen molar-refractivity contribution in [3.05, 3.63) is 11.7 Å². The highest BCUT2D eigenvalue weighted by Crippen LogP contribution is 2.28. The number of nitriles is 1. The van der Waals surface area contributed by atoms with Crippen molar-refractivity contribution in [2.24, 2.45) is 11.1 Å². The Morgan fingerprint density at radius 3 is 3.11 bits per heavy atom. The summed E-state index contributed by atoms with van der Waals surface area (Å²) in [4.78, 5) is 16.8. The summed E-state index contributed by atoms with van der Waals surface area (Å²) in [6, 6.07) is 2.34. The summed E-state index contributed by atoms with van der Waals surface area (Å²) in [6.07, 6.45) is 1.86. The Balaban J connectivity index is 2.01. The Bertz CT molecular complexity index is 492. The number of nitrogens with zero attached hydrogens (tertiary/aromatic N) is 4. The molecule has 1 amide bonds. The summed E-state index contributed by atoms with van der Waals surface area (Å²) in [5, 5.41) is 12.6. The van der Waals surface area contributed by atoms with Crippen molar-refractivity contribution in [2.75, 3.05) is 13.1 Å². The van der Waals surface area contributed by atoms with Gasteiger partial charge >= 0.3 is 0 Å². The Kier molecular flexibility index (Phi) is 3.30. The first-order valence-corrected chi connectivity index (χ1v) is 5.78. The van der Waals surface area contributed by atoms with Gasteiger partial charge in [-0.1, -0.05) is 5.16 Å². The fourth-order valence-electron chi connectivity index (χ4n) is 2.18. The fourth-order valence-corrected chi connectivity index (χ4v) is 2.18. The van der Waals surface area contributed by atoms with E-state index in [-0.39, 0.29) is 11.2 Å². The number of hydrogen-bond acceptors (Lipinski definition) is 6. The molecule has 0 radical (unpaired) electrons. The third-order valence-electron chi connectivity index (χ3n) is 3.09. The predicted molar refractivity (Wildman–Crippen MR) is 61.0 cm³/mol. The molecule has 0 spiro atoms. The van der Waals surface area contributed by atoms with Crippen LogP contribution in [-0.2, 0) is 6.54 Å². The van der Waals surface area contributed by atoms with Crippen LogP contribution in [-0.4, -0.2) is 34.0 Å². The monoisotopic (exact) mass is 249 g/mol. The molecular weight excluding hydrogens is 234 g/mol. The molecule has 0 saturated carbocycles. The Morgan fingerprint density at radius 1 is 1.72 bits per heavy atom. The number of rotatable bonds is 3. The number of hydrogen-bond donors (Lipinski definition) is 1. The number of carbonyl (C=O) groups is 1. The van der Waals surface area contributed by atoms with Gasteiger partial charge in [-0.3, -0.25) is 9.69 Å². The molecule has 2 N–H and O–H groups in total. The van der Waals surface area contributed by atoms with Gasteiger partial charge in [0, 0.05) is 6.54 Å². The largest absolute Gasteiger partial charge is 0.363 e. The van der Waals surface area contributed by atoms with Crippen molar-refractivity contribution >= 4 is 5.91 Å². The molecule has 1 aromatic heterocycles. The van der Waals surface area contributed by atoms with Crippen molar-refractivity contribution in [1.29, 1.82) is 5.26 Å². The third-order valence-corrected chi connectivity index (χ3v) is 3.09. The second-order valence-corrected chi connectivity index (χ2v) is 4.86. The second-order valence-electron chi connectivity index (χ2n) is 4.86. The van der Waals surface area contributed by atoms with E-state index in [0.717, 1.165) is 19.4 Å². The van der Waals surface area contributed by atoms with Crippen molar-refractivity contribution in [2.45, 2.75) is 26.3 Å². The Hall–Kier alpha value is -1.94. The summed E-state index contributed by atoms with van der Waals surface area (Å²) >= 11 is 0. The Labute approximate surface area is 105 Å². The molecule has 1 aliphatic heterocycles. The lowest BCUT2D eigenvalue weighted by Gasteiger charge is -2.34. The van der Waals surface area contributed by atoms with Gasteiger partial charge in [-0.2, -0.15) is 10.2 Å². The van der Waals surface area contributed by atoms with E-state index in [0.29, 0.717) is 19.0 Å². The molecule has 1 aliphatic rings. The maximum Gasteiger partial charge on any atom is 0.290 e.